The summed E-state index contributed by atoms with van der Waals surface area (Å²) >= 11 is 0. The van der Waals surface area contributed by atoms with E-state index in [0.29, 0.717) is 12.1 Å². The summed E-state index contributed by atoms with van der Waals surface area (Å²) in [6.45, 7) is 0. The number of rotatable bonds is 4. The van der Waals surface area contributed by atoms with Crippen LogP contribution in [0.25, 0.3) is 22.0 Å². The van der Waals surface area contributed by atoms with Crippen LogP contribution in [-0.4, -0.2) is 22.1 Å². The van der Waals surface area contributed by atoms with Crippen LogP contribution >= 0.6 is 9.39 Å². The van der Waals surface area contributed by atoms with Gasteiger partial charge in [-0.1, -0.05) is 77.9 Å². The average molecular weight is 392 g/mol. The largest absolute Gasteiger partial charge is 0.350 e. The zero-order chi connectivity index (χ0) is 19.2. The molecule has 3 atom stereocenters. The molecule has 1 fully saturated rings. The molecule has 2 N–H and O–H groups in total. The van der Waals surface area contributed by atoms with Gasteiger partial charge in [-0.25, -0.2) is 9.97 Å². The highest BCUT2D eigenvalue weighted by Gasteiger charge is 2.21. The Labute approximate surface area is 169 Å². The second-order valence-electron chi connectivity index (χ2n) is 7.70. The lowest BCUT2D eigenvalue weighted by Gasteiger charge is -2.27. The van der Waals surface area contributed by atoms with Crippen LogP contribution in [0.1, 0.15) is 44.9 Å². The van der Waals surface area contributed by atoms with Gasteiger partial charge in [0.2, 0.25) is 5.95 Å². The maximum absolute atomic E-state index is 4.79. The lowest BCUT2D eigenvalue weighted by molar-refractivity contribution is 0.462. The van der Waals surface area contributed by atoms with Gasteiger partial charge in [0.15, 0.2) is 0 Å². The molecule has 5 heteroatoms. The van der Waals surface area contributed by atoms with Crippen molar-refractivity contribution in [1.82, 2.24) is 15.1 Å². The number of fused-ring (bicyclic) bond motifs is 1. The standard InChI is InChI=1S/C23H29N4P/c28-27-22-12-8-3-1-2-7-11-21(22)26-23-24-16-19-15-18(13-14-20(19)25-23)17-9-5-4-6-10-17/h4-6,9-10,13-16,21-22,27H,1-3,7-8,11-12,28H2,(H,24,25,26)/t21-,22?/m0/s1. The van der Waals surface area contributed by atoms with Crippen LogP contribution in [0.2, 0.25) is 0 Å². The summed E-state index contributed by atoms with van der Waals surface area (Å²) < 4.78 is 0. The van der Waals surface area contributed by atoms with Crippen molar-refractivity contribution in [2.45, 2.75) is 57.0 Å². The van der Waals surface area contributed by atoms with Gasteiger partial charge < -0.3 is 5.32 Å². The first kappa shape index (κ1) is 19.3. The highest BCUT2D eigenvalue weighted by Crippen LogP contribution is 2.25. The molecule has 4 nitrogen and oxygen atoms in total. The first-order valence-corrected chi connectivity index (χ1v) is 11.0. The summed E-state index contributed by atoms with van der Waals surface area (Å²) in [6, 6.07) is 17.6. The smallest absolute Gasteiger partial charge is 0.223 e. The molecule has 0 spiro atoms. The number of hydrogen-bond acceptors (Lipinski definition) is 4. The average Bonchev–Trinajstić information content (AvgIpc) is 2.86. The Kier molecular flexibility index (Phi) is 6.51. The molecule has 1 heterocycles. The Hall–Kier alpha value is -2.03. The minimum Gasteiger partial charge on any atom is -0.350 e. The van der Waals surface area contributed by atoms with Crippen LogP contribution in [0, 0.1) is 0 Å². The fourth-order valence-electron chi connectivity index (χ4n) is 4.11. The molecule has 3 aromatic rings. The Balaban J connectivity index is 1.55. The van der Waals surface area contributed by atoms with E-state index in [1.807, 2.05) is 12.3 Å². The zero-order valence-corrected chi connectivity index (χ0v) is 17.4. The van der Waals surface area contributed by atoms with Crippen molar-refractivity contribution in [3.05, 3.63) is 54.7 Å². The van der Waals surface area contributed by atoms with Crippen molar-refractivity contribution >= 4 is 26.2 Å². The third-order valence-corrected chi connectivity index (χ3v) is 6.16. The normalized spacial score (nSPS) is 20.9. The second kappa shape index (κ2) is 9.45. The lowest BCUT2D eigenvalue weighted by atomic mass is 10.00. The van der Waals surface area contributed by atoms with Gasteiger partial charge in [-0.2, -0.15) is 0 Å². The molecule has 1 saturated carbocycles. The van der Waals surface area contributed by atoms with Crippen LogP contribution < -0.4 is 10.4 Å². The van der Waals surface area contributed by atoms with Crippen molar-refractivity contribution in [2.24, 2.45) is 0 Å². The van der Waals surface area contributed by atoms with Crippen LogP contribution in [0.5, 0.6) is 0 Å². The molecule has 2 unspecified atom stereocenters. The highest BCUT2D eigenvalue weighted by atomic mass is 31.0. The summed E-state index contributed by atoms with van der Waals surface area (Å²) in [7, 11) is 2.70. The number of nitrogens with zero attached hydrogens (tertiary/aromatic N) is 2. The Bertz CT molecular complexity index is 900. The summed E-state index contributed by atoms with van der Waals surface area (Å²) in [5.41, 5.74) is 3.39. The topological polar surface area (TPSA) is 49.8 Å². The van der Waals surface area contributed by atoms with Crippen LogP contribution in [-0.2, 0) is 0 Å². The molecule has 1 aromatic heterocycles. The molecule has 0 saturated heterocycles. The Morgan fingerprint density at radius 3 is 2.36 bits per heavy atom. The molecule has 0 radical (unpaired) electrons. The fraction of sp³-hybridized carbons (Fsp3) is 0.391. The van der Waals surface area contributed by atoms with Crippen LogP contribution in [0.4, 0.5) is 5.95 Å². The number of nitrogens with one attached hydrogen (secondary N) is 2. The summed E-state index contributed by atoms with van der Waals surface area (Å²) in [5, 5.41) is 8.12. The van der Waals surface area contributed by atoms with Gasteiger partial charge in [0, 0.05) is 23.7 Å². The number of aromatic nitrogens is 2. The van der Waals surface area contributed by atoms with E-state index in [4.69, 9.17) is 4.98 Å². The van der Waals surface area contributed by atoms with Crippen molar-refractivity contribution in [3.8, 4) is 11.1 Å². The minimum atomic E-state index is 0.358. The fourth-order valence-corrected chi connectivity index (χ4v) is 4.51. The van der Waals surface area contributed by atoms with Gasteiger partial charge in [0.25, 0.3) is 0 Å². The molecule has 0 bridgehead atoms. The van der Waals surface area contributed by atoms with Crippen molar-refractivity contribution in [2.75, 3.05) is 5.32 Å². The van der Waals surface area contributed by atoms with E-state index in [2.05, 4.69) is 67.2 Å². The summed E-state index contributed by atoms with van der Waals surface area (Å²) in [6.07, 6.45) is 10.8. The lowest BCUT2D eigenvalue weighted by Crippen LogP contribution is -2.40. The molecule has 0 aliphatic heterocycles. The molecule has 146 valence electrons. The van der Waals surface area contributed by atoms with Gasteiger partial charge in [-0.15, -0.1) is 0 Å². The molecule has 1 aliphatic carbocycles. The molecule has 1 aliphatic rings. The Morgan fingerprint density at radius 2 is 1.57 bits per heavy atom. The molecule has 2 aromatic carbocycles. The molecule has 4 rings (SSSR count). The van der Waals surface area contributed by atoms with Gasteiger partial charge >= 0.3 is 0 Å². The van der Waals surface area contributed by atoms with Crippen LogP contribution in [0.15, 0.2) is 54.7 Å². The first-order chi connectivity index (χ1) is 13.8. The highest BCUT2D eigenvalue weighted by molar-refractivity contribution is 7.13. The molecular formula is C23H29N4P. The van der Waals surface area contributed by atoms with Crippen molar-refractivity contribution < 1.29 is 0 Å². The second-order valence-corrected chi connectivity index (χ2v) is 8.04. The third-order valence-electron chi connectivity index (χ3n) is 5.73. The predicted molar refractivity (Wildman–Crippen MR) is 121 cm³/mol. The summed E-state index contributed by atoms with van der Waals surface area (Å²) in [5.74, 6) is 0.731. The van der Waals surface area contributed by atoms with Crippen molar-refractivity contribution in [1.29, 1.82) is 0 Å². The number of hydrogen-bond donors (Lipinski definition) is 2. The van der Waals surface area contributed by atoms with E-state index < -0.39 is 0 Å². The third kappa shape index (κ3) is 4.68. The Morgan fingerprint density at radius 1 is 0.821 bits per heavy atom. The van der Waals surface area contributed by atoms with Crippen LogP contribution in [0.3, 0.4) is 0 Å². The molecule has 0 amide bonds. The van der Waals surface area contributed by atoms with Gasteiger partial charge in [0.1, 0.15) is 0 Å². The first-order valence-electron chi connectivity index (χ1n) is 10.4. The molecule has 28 heavy (non-hydrogen) atoms. The minimum absolute atomic E-state index is 0.358. The SMILES string of the molecule is PNC1CCCCCCC[C@@H]1Nc1ncc2cc(-c3ccccc3)ccc2n1. The predicted octanol–water partition coefficient (Wildman–Crippen LogP) is 5.57. The van der Waals surface area contributed by atoms with Crippen molar-refractivity contribution in [3.63, 3.8) is 0 Å². The van der Waals surface area contributed by atoms with Gasteiger partial charge in [-0.3, -0.25) is 5.09 Å². The summed E-state index contributed by atoms with van der Waals surface area (Å²) in [4.78, 5) is 9.42. The van der Waals surface area contributed by atoms with E-state index in [9.17, 15) is 0 Å². The van der Waals surface area contributed by atoms with Gasteiger partial charge in [0.05, 0.1) is 5.52 Å². The number of anilines is 1. The maximum Gasteiger partial charge on any atom is 0.223 e. The zero-order valence-electron chi connectivity index (χ0n) is 16.3. The van der Waals surface area contributed by atoms with Gasteiger partial charge in [-0.05, 0) is 36.1 Å². The monoisotopic (exact) mass is 392 g/mol. The van der Waals surface area contributed by atoms with E-state index in [1.54, 1.807) is 0 Å². The maximum atomic E-state index is 4.79. The molecular weight excluding hydrogens is 363 g/mol. The van der Waals surface area contributed by atoms with E-state index in [1.165, 1.54) is 49.7 Å². The van der Waals surface area contributed by atoms with E-state index in [-0.39, 0.29) is 0 Å². The quantitative estimate of drug-likeness (QED) is 0.570. The number of benzene rings is 2. The van der Waals surface area contributed by atoms with E-state index >= 15 is 0 Å². The van der Waals surface area contributed by atoms with E-state index in [0.717, 1.165) is 23.3 Å².